The van der Waals surface area contributed by atoms with Crippen LogP contribution in [0.4, 0.5) is 5.69 Å². The summed E-state index contributed by atoms with van der Waals surface area (Å²) in [5, 5.41) is 0. The molecule has 1 N–H and O–H groups in total. The molecule has 1 fully saturated rings. The molecule has 0 saturated carbocycles. The average molecular weight is 558 g/mol. The first-order valence-electron chi connectivity index (χ1n) is 12.1. The van der Waals surface area contributed by atoms with Crippen LogP contribution in [0.1, 0.15) is 27.7 Å². The number of carbonyl (C=O) groups is 4. The van der Waals surface area contributed by atoms with Crippen molar-refractivity contribution in [2.24, 2.45) is 0 Å². The molecule has 14 nitrogen and oxygen atoms in total. The Morgan fingerprint density at radius 3 is 2.20 bits per heavy atom. The molecule has 40 heavy (non-hydrogen) atoms. The molecule has 1 aliphatic carbocycles. The minimum absolute atomic E-state index is 0.0710. The topological polar surface area (TPSA) is 179 Å². The smallest absolute Gasteiger partial charge is 0.303 e. The molecular formula is C26H26N2O12. The molecule has 212 valence electrons. The summed E-state index contributed by atoms with van der Waals surface area (Å²) in [5.74, 6) is -2.79. The third-order valence-corrected chi connectivity index (χ3v) is 5.62. The van der Waals surface area contributed by atoms with E-state index in [0.29, 0.717) is 16.8 Å². The van der Waals surface area contributed by atoms with Gasteiger partial charge < -0.3 is 28.1 Å². The quantitative estimate of drug-likeness (QED) is 0.183. The average Bonchev–Trinajstić information content (AvgIpc) is 2.87. The van der Waals surface area contributed by atoms with Gasteiger partial charge in [0.05, 0.1) is 0 Å². The highest BCUT2D eigenvalue weighted by Gasteiger charge is 2.53. The van der Waals surface area contributed by atoms with E-state index in [1.165, 1.54) is 12.1 Å². The summed E-state index contributed by atoms with van der Waals surface area (Å²) >= 11 is 0. The van der Waals surface area contributed by atoms with Gasteiger partial charge in [0, 0.05) is 33.8 Å². The van der Waals surface area contributed by atoms with Crippen molar-refractivity contribution in [3.63, 3.8) is 0 Å². The molecule has 3 aliphatic rings. The van der Waals surface area contributed by atoms with Gasteiger partial charge in [-0.1, -0.05) is 12.1 Å². The SMILES string of the molecule is CC(=O)OC[C@H]1O[C@@H](ONc2cc3nc4ccccc4oc-3cc2=O)[C@H](OC(C)=O)[C@@H](OC(C)=O)[C@@H]1OC(C)=O. The number of aromatic nitrogens is 1. The molecule has 0 aromatic heterocycles. The van der Waals surface area contributed by atoms with Crippen molar-refractivity contribution in [3.8, 4) is 11.5 Å². The summed E-state index contributed by atoms with van der Waals surface area (Å²) in [6.07, 6.45) is -7.00. The molecule has 2 heterocycles. The number of esters is 4. The minimum Gasteiger partial charge on any atom is -0.463 e. The van der Waals surface area contributed by atoms with Crippen molar-refractivity contribution in [3.05, 3.63) is 46.6 Å². The maximum Gasteiger partial charge on any atom is 0.303 e. The monoisotopic (exact) mass is 558 g/mol. The highest BCUT2D eigenvalue weighted by Crippen LogP contribution is 2.31. The molecule has 5 atom stereocenters. The maximum atomic E-state index is 12.8. The standard InChI is InChI=1S/C26H26N2O12/c1-12(29)34-11-22-23(35-13(2)30)24(36-14(3)31)25(37-15(4)32)26(39-22)40-28-17-9-18-21(10-19(17)33)38-20-8-6-5-7-16(20)27-18/h5-10,22-26,28H,11H2,1-4H3/t22-,23-,24+,25-,26+/m1/s1. The molecule has 1 aromatic carbocycles. The summed E-state index contributed by atoms with van der Waals surface area (Å²) in [6, 6.07) is 9.61. The van der Waals surface area contributed by atoms with Crippen LogP contribution in [0.15, 0.2) is 45.6 Å². The summed E-state index contributed by atoms with van der Waals surface area (Å²) in [6.45, 7) is 4.03. The normalized spacial score (nSPS) is 22.4. The number of para-hydroxylation sites is 2. The Bertz CT molecular complexity index is 1450. The third-order valence-electron chi connectivity index (χ3n) is 5.62. The Kier molecular flexibility index (Phi) is 8.60. The fourth-order valence-electron chi connectivity index (χ4n) is 4.09. The van der Waals surface area contributed by atoms with E-state index in [9.17, 15) is 24.0 Å². The predicted molar refractivity (Wildman–Crippen MR) is 134 cm³/mol. The molecule has 2 aliphatic heterocycles. The Morgan fingerprint density at radius 2 is 1.52 bits per heavy atom. The number of nitrogens with zero attached hydrogens (tertiary/aromatic N) is 1. The molecule has 0 bridgehead atoms. The molecule has 1 aromatic rings. The van der Waals surface area contributed by atoms with Crippen molar-refractivity contribution >= 4 is 40.7 Å². The first-order chi connectivity index (χ1) is 19.0. The summed E-state index contributed by atoms with van der Waals surface area (Å²) in [4.78, 5) is 70.1. The van der Waals surface area contributed by atoms with Crippen LogP contribution in [0, 0.1) is 0 Å². The van der Waals surface area contributed by atoms with E-state index < -0.39 is 66.6 Å². The Hall–Kier alpha value is -4.56. The van der Waals surface area contributed by atoms with Crippen molar-refractivity contribution < 1.29 is 52.1 Å². The fourth-order valence-corrected chi connectivity index (χ4v) is 4.09. The number of ether oxygens (including phenoxy) is 5. The van der Waals surface area contributed by atoms with Crippen molar-refractivity contribution in [2.45, 2.75) is 58.4 Å². The Balaban J connectivity index is 1.66. The minimum atomic E-state index is -1.54. The lowest BCUT2D eigenvalue weighted by Crippen LogP contribution is -2.63. The van der Waals surface area contributed by atoms with Gasteiger partial charge in [-0.3, -0.25) is 29.5 Å². The second kappa shape index (κ2) is 12.1. The van der Waals surface area contributed by atoms with E-state index >= 15 is 0 Å². The van der Waals surface area contributed by atoms with Crippen molar-refractivity contribution in [1.29, 1.82) is 0 Å². The van der Waals surface area contributed by atoms with E-state index in [1.54, 1.807) is 24.3 Å². The van der Waals surface area contributed by atoms with Gasteiger partial charge in [0.1, 0.15) is 29.6 Å². The van der Waals surface area contributed by atoms with Crippen LogP contribution in [0.2, 0.25) is 0 Å². The predicted octanol–water partition coefficient (Wildman–Crippen LogP) is 1.72. The number of rotatable bonds is 8. The molecule has 0 radical (unpaired) electrons. The Labute approximate surface area is 226 Å². The number of anilines is 1. The second-order valence-corrected chi connectivity index (χ2v) is 8.79. The van der Waals surface area contributed by atoms with Gasteiger partial charge in [-0.25, -0.2) is 9.82 Å². The summed E-state index contributed by atoms with van der Waals surface area (Å²) in [5.41, 5.74) is 3.26. The largest absolute Gasteiger partial charge is 0.463 e. The highest BCUT2D eigenvalue weighted by molar-refractivity contribution is 5.77. The first-order valence-corrected chi connectivity index (χ1v) is 12.1. The van der Waals surface area contributed by atoms with Gasteiger partial charge in [-0.15, -0.1) is 0 Å². The number of hydrogen-bond donors (Lipinski definition) is 1. The van der Waals surface area contributed by atoms with E-state index in [0.717, 1.165) is 27.7 Å². The Morgan fingerprint density at radius 1 is 0.875 bits per heavy atom. The molecule has 0 unspecified atom stereocenters. The summed E-state index contributed by atoms with van der Waals surface area (Å²) in [7, 11) is 0. The van der Waals surface area contributed by atoms with Crippen LogP contribution in [-0.2, 0) is 47.7 Å². The first kappa shape index (κ1) is 28.4. The van der Waals surface area contributed by atoms with Crippen molar-refractivity contribution in [2.75, 3.05) is 12.1 Å². The lowest BCUT2D eigenvalue weighted by molar-refractivity contribution is -0.302. The van der Waals surface area contributed by atoms with Crippen LogP contribution in [-0.4, -0.2) is 66.2 Å². The van der Waals surface area contributed by atoms with Crippen LogP contribution in [0.3, 0.4) is 0 Å². The van der Waals surface area contributed by atoms with Gasteiger partial charge in [0.15, 0.2) is 29.7 Å². The zero-order valence-electron chi connectivity index (χ0n) is 21.9. The number of hydrogen-bond acceptors (Lipinski definition) is 14. The van der Waals surface area contributed by atoms with E-state index in [2.05, 4.69) is 10.5 Å². The lowest BCUT2D eigenvalue weighted by Gasteiger charge is -2.43. The van der Waals surface area contributed by atoms with Gasteiger partial charge in [-0.05, 0) is 18.2 Å². The summed E-state index contributed by atoms with van der Waals surface area (Å²) < 4.78 is 32.6. The molecule has 0 spiro atoms. The lowest BCUT2D eigenvalue weighted by atomic mass is 9.98. The van der Waals surface area contributed by atoms with E-state index in [4.69, 9.17) is 32.9 Å². The molecule has 0 amide bonds. The van der Waals surface area contributed by atoms with Crippen LogP contribution in [0.5, 0.6) is 0 Å². The number of benzene rings is 2. The van der Waals surface area contributed by atoms with Crippen LogP contribution >= 0.6 is 0 Å². The molecule has 4 rings (SSSR count). The molecule has 14 heteroatoms. The molecular weight excluding hydrogens is 532 g/mol. The second-order valence-electron chi connectivity index (χ2n) is 8.79. The zero-order valence-corrected chi connectivity index (χ0v) is 21.9. The van der Waals surface area contributed by atoms with E-state index in [-0.39, 0.29) is 11.4 Å². The molecule has 1 saturated heterocycles. The van der Waals surface area contributed by atoms with Crippen molar-refractivity contribution in [1.82, 2.24) is 4.98 Å². The number of fused-ring (bicyclic) bond motifs is 2. The van der Waals surface area contributed by atoms with Crippen LogP contribution in [0.25, 0.3) is 22.6 Å². The number of nitrogens with one attached hydrogen (secondary N) is 1. The van der Waals surface area contributed by atoms with Gasteiger partial charge in [0.2, 0.25) is 11.7 Å². The van der Waals surface area contributed by atoms with Gasteiger partial charge >= 0.3 is 23.9 Å². The fraction of sp³-hybridized carbons (Fsp3) is 0.385. The van der Waals surface area contributed by atoms with Crippen LogP contribution < -0.4 is 10.9 Å². The third kappa shape index (κ3) is 6.71. The van der Waals surface area contributed by atoms with E-state index in [1.807, 2.05) is 0 Å². The van der Waals surface area contributed by atoms with Gasteiger partial charge in [0.25, 0.3) is 0 Å². The maximum absolute atomic E-state index is 12.8. The highest BCUT2D eigenvalue weighted by atomic mass is 16.8. The zero-order chi connectivity index (χ0) is 29.0. The van der Waals surface area contributed by atoms with Gasteiger partial charge in [-0.2, -0.15) is 0 Å². The number of carbonyl (C=O) groups excluding carboxylic acids is 4.